The molecule has 0 saturated carbocycles. The number of rotatable bonds is 4. The van der Waals surface area contributed by atoms with Gasteiger partial charge in [0.2, 0.25) is 0 Å². The molecule has 0 aliphatic rings. The van der Waals surface area contributed by atoms with Crippen LogP contribution in [0, 0.1) is 6.92 Å². The van der Waals surface area contributed by atoms with Crippen molar-refractivity contribution in [3.05, 3.63) is 89.2 Å². The highest BCUT2D eigenvalue weighted by molar-refractivity contribution is 5.69. The molecular formula is C19H18N2O2. The van der Waals surface area contributed by atoms with Crippen molar-refractivity contribution < 1.29 is 9.53 Å². The van der Waals surface area contributed by atoms with Crippen LogP contribution in [0.3, 0.4) is 0 Å². The molecule has 0 unspecified atom stereocenters. The highest BCUT2D eigenvalue weighted by Gasteiger charge is 2.09. The van der Waals surface area contributed by atoms with Gasteiger partial charge < -0.3 is 4.74 Å². The van der Waals surface area contributed by atoms with E-state index >= 15 is 0 Å². The standard InChI is InChI=1S/C19H18N2O2/c1-15-7-5-6-10-18(15)11-17-12-20-21(13-17)19(22)23-14-16-8-3-2-4-9-16/h2-10,12-13H,11,14H2,1H3. The minimum absolute atomic E-state index is 0.243. The van der Waals surface area contributed by atoms with E-state index < -0.39 is 6.09 Å². The van der Waals surface area contributed by atoms with Gasteiger partial charge in [-0.2, -0.15) is 9.78 Å². The third-order valence-electron chi connectivity index (χ3n) is 3.68. The number of ether oxygens (including phenoxy) is 1. The molecule has 0 aliphatic heterocycles. The van der Waals surface area contributed by atoms with E-state index in [9.17, 15) is 4.79 Å². The lowest BCUT2D eigenvalue weighted by Crippen LogP contribution is -2.13. The maximum atomic E-state index is 12.0. The van der Waals surface area contributed by atoms with Crippen molar-refractivity contribution in [3.63, 3.8) is 0 Å². The molecule has 0 fully saturated rings. The highest BCUT2D eigenvalue weighted by atomic mass is 16.6. The minimum atomic E-state index is -0.468. The summed E-state index contributed by atoms with van der Waals surface area (Å²) in [6.45, 7) is 2.32. The van der Waals surface area contributed by atoms with Gasteiger partial charge in [-0.05, 0) is 29.2 Å². The van der Waals surface area contributed by atoms with Crippen molar-refractivity contribution in [1.29, 1.82) is 0 Å². The average molecular weight is 306 g/mol. The van der Waals surface area contributed by atoms with Gasteiger partial charge in [-0.15, -0.1) is 0 Å². The number of carbonyl (C=O) groups is 1. The second kappa shape index (κ2) is 6.92. The molecule has 0 radical (unpaired) electrons. The van der Waals surface area contributed by atoms with Crippen molar-refractivity contribution in [2.75, 3.05) is 0 Å². The first kappa shape index (κ1) is 15.0. The predicted octanol–water partition coefficient (Wildman–Crippen LogP) is 3.97. The Morgan fingerprint density at radius 3 is 2.57 bits per heavy atom. The molecule has 0 N–H and O–H groups in total. The fourth-order valence-corrected chi connectivity index (χ4v) is 2.37. The Morgan fingerprint density at radius 2 is 1.78 bits per heavy atom. The number of benzene rings is 2. The Hall–Kier alpha value is -2.88. The second-order valence-electron chi connectivity index (χ2n) is 5.44. The maximum Gasteiger partial charge on any atom is 0.435 e. The number of carbonyl (C=O) groups excluding carboxylic acids is 1. The third-order valence-corrected chi connectivity index (χ3v) is 3.68. The molecule has 116 valence electrons. The fraction of sp³-hybridized carbons (Fsp3) is 0.158. The Balaban J connectivity index is 1.62. The zero-order valence-corrected chi connectivity index (χ0v) is 13.0. The van der Waals surface area contributed by atoms with Crippen LogP contribution in [0.2, 0.25) is 0 Å². The van der Waals surface area contributed by atoms with Crippen molar-refractivity contribution in [2.24, 2.45) is 0 Å². The first-order valence-corrected chi connectivity index (χ1v) is 7.51. The molecule has 23 heavy (non-hydrogen) atoms. The van der Waals surface area contributed by atoms with Gasteiger partial charge in [0.1, 0.15) is 6.61 Å². The molecular weight excluding hydrogens is 288 g/mol. The fourth-order valence-electron chi connectivity index (χ4n) is 2.37. The molecule has 2 aromatic carbocycles. The van der Waals surface area contributed by atoms with Gasteiger partial charge in [0.05, 0.1) is 6.20 Å². The molecule has 0 bridgehead atoms. The van der Waals surface area contributed by atoms with Crippen LogP contribution in [-0.4, -0.2) is 15.9 Å². The van der Waals surface area contributed by atoms with E-state index in [1.807, 2.05) is 42.5 Å². The van der Waals surface area contributed by atoms with Gasteiger partial charge in [-0.25, -0.2) is 4.79 Å². The summed E-state index contributed by atoms with van der Waals surface area (Å²) in [5.74, 6) is 0. The molecule has 0 amide bonds. The smallest absolute Gasteiger partial charge is 0.435 e. The van der Waals surface area contributed by atoms with Gasteiger partial charge in [0, 0.05) is 12.6 Å². The number of aryl methyl sites for hydroxylation is 1. The quantitative estimate of drug-likeness (QED) is 0.732. The monoisotopic (exact) mass is 306 g/mol. The summed E-state index contributed by atoms with van der Waals surface area (Å²) in [7, 11) is 0. The van der Waals surface area contributed by atoms with Gasteiger partial charge in [0.25, 0.3) is 0 Å². The molecule has 4 heteroatoms. The average Bonchev–Trinajstić information content (AvgIpc) is 3.04. The zero-order chi connectivity index (χ0) is 16.1. The van der Waals surface area contributed by atoms with Crippen molar-refractivity contribution >= 4 is 6.09 Å². The van der Waals surface area contributed by atoms with Crippen LogP contribution < -0.4 is 0 Å². The Labute approximate surface area is 135 Å². The summed E-state index contributed by atoms with van der Waals surface area (Å²) >= 11 is 0. The third kappa shape index (κ3) is 3.86. The van der Waals surface area contributed by atoms with Crippen LogP contribution >= 0.6 is 0 Å². The topological polar surface area (TPSA) is 44.1 Å². The van der Waals surface area contributed by atoms with Crippen LogP contribution in [0.4, 0.5) is 4.79 Å². The molecule has 3 aromatic rings. The number of nitrogens with zero attached hydrogens (tertiary/aromatic N) is 2. The lowest BCUT2D eigenvalue weighted by atomic mass is 10.0. The molecule has 0 saturated heterocycles. The minimum Gasteiger partial charge on any atom is -0.443 e. The molecule has 0 aliphatic carbocycles. The molecule has 0 atom stereocenters. The molecule has 4 nitrogen and oxygen atoms in total. The summed E-state index contributed by atoms with van der Waals surface area (Å²) in [6, 6.07) is 17.8. The van der Waals surface area contributed by atoms with E-state index in [0.717, 1.165) is 17.5 Å². The predicted molar refractivity (Wildman–Crippen MR) is 88.2 cm³/mol. The summed E-state index contributed by atoms with van der Waals surface area (Å²) in [5.41, 5.74) is 4.39. The zero-order valence-electron chi connectivity index (χ0n) is 13.0. The normalized spacial score (nSPS) is 10.5. The lowest BCUT2D eigenvalue weighted by molar-refractivity contribution is 0.138. The van der Waals surface area contributed by atoms with Crippen LogP contribution in [0.1, 0.15) is 22.3 Å². The summed E-state index contributed by atoms with van der Waals surface area (Å²) in [4.78, 5) is 12.0. The highest BCUT2D eigenvalue weighted by Crippen LogP contribution is 2.13. The van der Waals surface area contributed by atoms with Gasteiger partial charge in [0.15, 0.2) is 0 Å². The second-order valence-corrected chi connectivity index (χ2v) is 5.44. The van der Waals surface area contributed by atoms with Crippen molar-refractivity contribution in [1.82, 2.24) is 9.78 Å². The Morgan fingerprint density at radius 1 is 1.04 bits per heavy atom. The first-order chi connectivity index (χ1) is 11.2. The first-order valence-electron chi connectivity index (χ1n) is 7.51. The molecule has 1 aromatic heterocycles. The van der Waals surface area contributed by atoms with E-state index in [1.165, 1.54) is 15.8 Å². The largest absolute Gasteiger partial charge is 0.443 e. The molecule has 0 spiro atoms. The summed E-state index contributed by atoms with van der Waals surface area (Å²) < 4.78 is 6.51. The van der Waals surface area contributed by atoms with Gasteiger partial charge in [-0.3, -0.25) is 0 Å². The lowest BCUT2D eigenvalue weighted by Gasteiger charge is -2.04. The summed E-state index contributed by atoms with van der Waals surface area (Å²) in [6.07, 6.45) is 3.71. The van der Waals surface area contributed by atoms with E-state index in [0.29, 0.717) is 0 Å². The van der Waals surface area contributed by atoms with Crippen LogP contribution in [0.15, 0.2) is 67.0 Å². The van der Waals surface area contributed by atoms with E-state index in [1.54, 1.807) is 12.4 Å². The van der Waals surface area contributed by atoms with Crippen molar-refractivity contribution in [2.45, 2.75) is 20.0 Å². The SMILES string of the molecule is Cc1ccccc1Cc1cnn(C(=O)OCc2ccccc2)c1. The van der Waals surface area contributed by atoms with E-state index in [2.05, 4.69) is 24.2 Å². The van der Waals surface area contributed by atoms with Crippen LogP contribution in [-0.2, 0) is 17.8 Å². The van der Waals surface area contributed by atoms with Crippen LogP contribution in [0.5, 0.6) is 0 Å². The Bertz CT molecular complexity index is 794. The summed E-state index contributed by atoms with van der Waals surface area (Å²) in [5, 5.41) is 4.10. The maximum absolute atomic E-state index is 12.0. The van der Waals surface area contributed by atoms with Crippen molar-refractivity contribution in [3.8, 4) is 0 Å². The molecule has 1 heterocycles. The number of hydrogen-bond acceptors (Lipinski definition) is 3. The Kier molecular flexibility index (Phi) is 4.52. The van der Waals surface area contributed by atoms with E-state index in [-0.39, 0.29) is 6.61 Å². The number of hydrogen-bond donors (Lipinski definition) is 0. The van der Waals surface area contributed by atoms with Gasteiger partial charge >= 0.3 is 6.09 Å². The van der Waals surface area contributed by atoms with Gasteiger partial charge in [-0.1, -0.05) is 54.6 Å². The number of aromatic nitrogens is 2. The molecule has 3 rings (SSSR count). The van der Waals surface area contributed by atoms with Crippen LogP contribution in [0.25, 0.3) is 0 Å². The van der Waals surface area contributed by atoms with E-state index in [4.69, 9.17) is 4.74 Å².